The average Bonchev–Trinajstić information content (AvgIpc) is 3.29. The first-order valence-electron chi connectivity index (χ1n) is 8.75. The van der Waals surface area contributed by atoms with E-state index in [1.54, 1.807) is 0 Å². The minimum Gasteiger partial charge on any atom is -0.494 e. The molecule has 0 atom stereocenters. The number of ether oxygens (including phenoxy) is 3. The summed E-state index contributed by atoms with van der Waals surface area (Å²) in [5.41, 5.74) is 3.24. The summed E-state index contributed by atoms with van der Waals surface area (Å²) in [5.74, 6) is 3.66. The number of aryl methyl sites for hydroxylation is 2. The third kappa shape index (κ3) is 4.36. The largest absolute Gasteiger partial charge is 0.494 e. The van der Waals surface area contributed by atoms with Crippen molar-refractivity contribution in [3.8, 4) is 28.7 Å². The monoisotopic (exact) mass is 384 g/mol. The molecular weight excluding hydrogens is 364 g/mol. The van der Waals surface area contributed by atoms with E-state index in [2.05, 4.69) is 42.2 Å². The molecule has 2 aromatic carbocycles. The zero-order chi connectivity index (χ0) is 18.6. The van der Waals surface area contributed by atoms with Gasteiger partial charge in [0.15, 0.2) is 11.5 Å². The summed E-state index contributed by atoms with van der Waals surface area (Å²) < 4.78 is 22.2. The SMILES string of the molecule is Cc1cc(C)cc(OCCCSc2nnc(-c3ccc4c(c3)OCO4)o2)c1. The van der Waals surface area contributed by atoms with Gasteiger partial charge in [-0.05, 0) is 61.7 Å². The minimum atomic E-state index is 0.244. The summed E-state index contributed by atoms with van der Waals surface area (Å²) in [6.07, 6.45) is 0.888. The van der Waals surface area contributed by atoms with Crippen LogP contribution in [0.15, 0.2) is 46.0 Å². The van der Waals surface area contributed by atoms with E-state index in [4.69, 9.17) is 18.6 Å². The Hall–Kier alpha value is -2.67. The molecule has 7 heteroatoms. The lowest BCUT2D eigenvalue weighted by atomic mass is 10.1. The molecule has 0 N–H and O–H groups in total. The zero-order valence-corrected chi connectivity index (χ0v) is 16.0. The molecule has 140 valence electrons. The number of rotatable bonds is 7. The van der Waals surface area contributed by atoms with Crippen LogP contribution in [0.4, 0.5) is 0 Å². The number of benzene rings is 2. The average molecular weight is 384 g/mol. The molecule has 1 aliphatic heterocycles. The summed E-state index contributed by atoms with van der Waals surface area (Å²) in [6, 6.07) is 11.8. The van der Waals surface area contributed by atoms with Crippen LogP contribution < -0.4 is 14.2 Å². The summed E-state index contributed by atoms with van der Waals surface area (Å²) in [5, 5.41) is 8.76. The van der Waals surface area contributed by atoms with E-state index >= 15 is 0 Å². The van der Waals surface area contributed by atoms with Crippen LogP contribution in [-0.4, -0.2) is 29.4 Å². The van der Waals surface area contributed by atoms with Gasteiger partial charge < -0.3 is 18.6 Å². The van der Waals surface area contributed by atoms with Crippen molar-refractivity contribution in [3.05, 3.63) is 47.5 Å². The van der Waals surface area contributed by atoms with Crippen LogP contribution in [0.2, 0.25) is 0 Å². The first-order valence-corrected chi connectivity index (χ1v) is 9.73. The summed E-state index contributed by atoms with van der Waals surface area (Å²) in [7, 11) is 0. The van der Waals surface area contributed by atoms with Gasteiger partial charge in [-0.2, -0.15) is 0 Å². The van der Waals surface area contributed by atoms with Gasteiger partial charge in [0.05, 0.1) is 6.61 Å². The smallest absolute Gasteiger partial charge is 0.276 e. The highest BCUT2D eigenvalue weighted by molar-refractivity contribution is 7.99. The second-order valence-corrected chi connectivity index (χ2v) is 7.36. The topological polar surface area (TPSA) is 66.6 Å². The second-order valence-electron chi connectivity index (χ2n) is 6.32. The minimum absolute atomic E-state index is 0.244. The summed E-state index contributed by atoms with van der Waals surface area (Å²) in [4.78, 5) is 0. The maximum Gasteiger partial charge on any atom is 0.276 e. The molecule has 6 nitrogen and oxygen atoms in total. The van der Waals surface area contributed by atoms with Gasteiger partial charge in [-0.3, -0.25) is 0 Å². The van der Waals surface area contributed by atoms with E-state index in [0.29, 0.717) is 23.5 Å². The van der Waals surface area contributed by atoms with Crippen molar-refractivity contribution in [2.75, 3.05) is 19.2 Å². The van der Waals surface area contributed by atoms with E-state index in [9.17, 15) is 0 Å². The molecule has 1 aliphatic rings. The molecular formula is C20H20N2O4S. The molecule has 0 saturated carbocycles. The summed E-state index contributed by atoms with van der Waals surface area (Å²) in [6.45, 7) is 5.04. The lowest BCUT2D eigenvalue weighted by Gasteiger charge is -2.07. The molecule has 4 rings (SSSR count). The lowest BCUT2D eigenvalue weighted by molar-refractivity contribution is 0.174. The van der Waals surface area contributed by atoms with Crippen LogP contribution >= 0.6 is 11.8 Å². The Morgan fingerprint density at radius 2 is 1.81 bits per heavy atom. The predicted octanol–water partition coefficient (Wildman–Crippen LogP) is 4.64. The fourth-order valence-electron chi connectivity index (χ4n) is 2.84. The Balaban J connectivity index is 1.26. The van der Waals surface area contributed by atoms with E-state index in [0.717, 1.165) is 29.2 Å². The van der Waals surface area contributed by atoms with Gasteiger partial charge in [0.1, 0.15) is 5.75 Å². The third-order valence-electron chi connectivity index (χ3n) is 4.00. The first-order chi connectivity index (χ1) is 13.2. The Morgan fingerprint density at radius 3 is 2.67 bits per heavy atom. The van der Waals surface area contributed by atoms with Gasteiger partial charge >= 0.3 is 0 Å². The van der Waals surface area contributed by atoms with Gasteiger partial charge in [-0.25, -0.2) is 0 Å². The maximum atomic E-state index is 5.82. The van der Waals surface area contributed by atoms with Crippen LogP contribution in [0.3, 0.4) is 0 Å². The maximum absolute atomic E-state index is 5.82. The van der Waals surface area contributed by atoms with Gasteiger partial charge in [0, 0.05) is 11.3 Å². The van der Waals surface area contributed by atoms with Crippen molar-refractivity contribution in [1.29, 1.82) is 0 Å². The molecule has 0 amide bonds. The van der Waals surface area contributed by atoms with Crippen molar-refractivity contribution in [1.82, 2.24) is 10.2 Å². The molecule has 0 bridgehead atoms. The molecule has 1 aromatic heterocycles. The Bertz CT molecular complexity index is 921. The molecule has 27 heavy (non-hydrogen) atoms. The number of aromatic nitrogens is 2. The summed E-state index contributed by atoms with van der Waals surface area (Å²) >= 11 is 1.53. The lowest BCUT2D eigenvalue weighted by Crippen LogP contribution is -1.99. The van der Waals surface area contributed by atoms with Crippen LogP contribution in [0.1, 0.15) is 17.5 Å². The van der Waals surface area contributed by atoms with Crippen LogP contribution in [0, 0.1) is 13.8 Å². The van der Waals surface area contributed by atoms with E-state index in [1.165, 1.54) is 22.9 Å². The molecule has 0 aliphatic carbocycles. The number of thioether (sulfide) groups is 1. The molecule has 0 fully saturated rings. The normalized spacial score (nSPS) is 12.4. The third-order valence-corrected chi connectivity index (χ3v) is 4.91. The molecule has 2 heterocycles. The highest BCUT2D eigenvalue weighted by atomic mass is 32.2. The van der Waals surface area contributed by atoms with E-state index < -0.39 is 0 Å². The second kappa shape index (κ2) is 7.92. The standard InChI is InChI=1S/C20H20N2O4S/c1-13-8-14(2)10-16(9-13)23-6-3-7-27-20-22-21-19(26-20)15-4-5-17-18(11-15)25-12-24-17/h4-5,8-11H,3,6-7,12H2,1-2H3. The van der Waals surface area contributed by atoms with Crippen molar-refractivity contribution < 1.29 is 18.6 Å². The molecule has 0 saturated heterocycles. The van der Waals surface area contributed by atoms with Crippen molar-refractivity contribution >= 4 is 11.8 Å². The molecule has 0 unspecified atom stereocenters. The Labute approximate surface area is 161 Å². The van der Waals surface area contributed by atoms with Crippen molar-refractivity contribution in [3.63, 3.8) is 0 Å². The van der Waals surface area contributed by atoms with Crippen molar-refractivity contribution in [2.45, 2.75) is 25.5 Å². The highest BCUT2D eigenvalue weighted by Gasteiger charge is 2.16. The van der Waals surface area contributed by atoms with Crippen molar-refractivity contribution in [2.24, 2.45) is 0 Å². The quantitative estimate of drug-likeness (QED) is 0.434. The fourth-order valence-corrected chi connectivity index (χ4v) is 3.51. The number of fused-ring (bicyclic) bond motifs is 1. The molecule has 0 spiro atoms. The zero-order valence-electron chi connectivity index (χ0n) is 15.2. The van der Waals surface area contributed by atoms with Crippen LogP contribution in [-0.2, 0) is 0 Å². The van der Waals surface area contributed by atoms with Gasteiger partial charge in [0.2, 0.25) is 12.7 Å². The van der Waals surface area contributed by atoms with Crippen LogP contribution in [0.25, 0.3) is 11.5 Å². The van der Waals surface area contributed by atoms with Gasteiger partial charge in [0.25, 0.3) is 5.22 Å². The Kier molecular flexibility index (Phi) is 5.20. The fraction of sp³-hybridized carbons (Fsp3) is 0.300. The number of hydrogen-bond donors (Lipinski definition) is 0. The van der Waals surface area contributed by atoms with Gasteiger partial charge in [-0.1, -0.05) is 17.8 Å². The first kappa shape index (κ1) is 17.7. The predicted molar refractivity (Wildman–Crippen MR) is 103 cm³/mol. The number of nitrogens with zero attached hydrogens (tertiary/aromatic N) is 2. The van der Waals surface area contributed by atoms with E-state index in [-0.39, 0.29) is 6.79 Å². The van der Waals surface area contributed by atoms with E-state index in [1.807, 2.05) is 18.2 Å². The number of hydrogen-bond acceptors (Lipinski definition) is 7. The Morgan fingerprint density at radius 1 is 1.00 bits per heavy atom. The highest BCUT2D eigenvalue weighted by Crippen LogP contribution is 2.36. The molecule has 0 radical (unpaired) electrons. The van der Waals surface area contributed by atoms with Crippen LogP contribution in [0.5, 0.6) is 17.2 Å². The molecule has 3 aromatic rings. The van der Waals surface area contributed by atoms with Gasteiger partial charge in [-0.15, -0.1) is 10.2 Å².